The predicted molar refractivity (Wildman–Crippen MR) is 322 cm³/mol. The zero-order valence-corrected chi connectivity index (χ0v) is 52.9. The molecule has 4 aliphatic heterocycles. The number of nitrogens with two attached hydrogens (primary N) is 3. The molecule has 91 heavy (non-hydrogen) atoms. The number of nitrogen functional groups attached to an aromatic ring is 3. The Morgan fingerprint density at radius 1 is 0.637 bits per heavy atom. The van der Waals surface area contributed by atoms with Crippen molar-refractivity contribution < 1.29 is 70.0 Å². The molecule has 10 heterocycles. The first-order chi connectivity index (χ1) is 43.6. The lowest BCUT2D eigenvalue weighted by atomic mass is 10.2. The lowest BCUT2D eigenvalue weighted by molar-refractivity contribution is -0.0528. The fourth-order valence-electron chi connectivity index (χ4n) is 10.0. The molecular weight excluding hydrogens is 1320 g/mol. The standard InChI is InChI=1S/C48H59N18O19P3S3/c1-25-17-64(48(72)62-44(25)69)37-15-28(32(81-37)20-77-87(74,90-11-3-7-50)83-27-14-36(79-30(27)18-67)63-9-5-34(52)59-47(63)71)84-88(75,91-12-4-8-51)78-21-33-29(16-38(82-33)66-24-58-40-43(66)60-46(54)61-45(40)70)85-86(73,89-10-2-6-49)76-19-31-26(68)13-35(80-31)65-23-57-39-41(53)55-22-56-42(39)65/h5,9,17,22-24,26-33,35-38,67-68H,2-4,10-16,18-21H2,1H3,(H2,52,59,71)(H2,53,55,56)(H,62,69,72)(H3,54,60,61,70)/t26-,27-,28-,29-,30+,31+,32+,33+,35+,36+,37+,38+,86?,87?,88?/m0/s1. The Morgan fingerprint density at radius 3 is 1.69 bits per heavy atom. The number of hydrogen-bond acceptors (Lipinski definition) is 34. The highest BCUT2D eigenvalue weighted by molar-refractivity contribution is 8.55. The Bertz CT molecular complexity index is 4160. The SMILES string of the molecule is Cc1cn([C@H]2C[C@H](OP(=O)(OC[C@H]3O[C@@H](n4cnc5c(=O)[nH]c(N)nc54)C[C@@H]3OP(=O)(OC[C@H]3O[C@@H](n4cnc5c(N)ncnc54)C[C@@H]3O)SCCC#N)SCCC#N)[C@@H](COP(=O)(O[C@H]3C[C@H](n4ccc(N)nc4=O)O[C@@H]3CO)SCCC#N)O2)c(=O)[nH]c1=O. The highest BCUT2D eigenvalue weighted by Gasteiger charge is 2.49. The molecule has 0 radical (unpaired) electrons. The maximum Gasteiger partial charge on any atom is 0.389 e. The summed E-state index contributed by atoms with van der Waals surface area (Å²) in [5.41, 5.74) is 15.1. The van der Waals surface area contributed by atoms with Crippen LogP contribution in [0.1, 0.15) is 75.4 Å². The number of H-pyrrole nitrogens is 2. The van der Waals surface area contributed by atoms with E-state index in [9.17, 15) is 49.7 Å². The number of nitrogens with one attached hydrogen (secondary N) is 2. The van der Waals surface area contributed by atoms with Crippen molar-refractivity contribution in [1.82, 2.24) is 58.1 Å². The molecule has 0 saturated carbocycles. The first kappa shape index (κ1) is 67.5. The summed E-state index contributed by atoms with van der Waals surface area (Å²) in [6.07, 6.45) is -9.27. The number of anilines is 3. The number of rotatable bonds is 29. The van der Waals surface area contributed by atoms with Crippen LogP contribution in [0.4, 0.5) is 17.6 Å². The molecule has 0 bridgehead atoms. The molecule has 6 aromatic rings. The number of aliphatic hydroxyl groups excluding tert-OH is 2. The molecule has 43 heteroatoms. The van der Waals surface area contributed by atoms with Crippen molar-refractivity contribution in [3.8, 4) is 18.2 Å². The number of ether oxygens (including phenoxy) is 4. The van der Waals surface area contributed by atoms with Crippen LogP contribution in [0.3, 0.4) is 0 Å². The van der Waals surface area contributed by atoms with Crippen molar-refractivity contribution in [2.45, 2.75) is 126 Å². The van der Waals surface area contributed by atoms with E-state index in [1.807, 2.05) is 18.2 Å². The van der Waals surface area contributed by atoms with Gasteiger partial charge in [0.2, 0.25) is 5.95 Å². The van der Waals surface area contributed by atoms with E-state index in [0.717, 1.165) is 9.13 Å². The summed E-state index contributed by atoms with van der Waals surface area (Å²) in [7, 11) is 0. The first-order valence-corrected chi connectivity index (χ1v) is 37.1. The van der Waals surface area contributed by atoms with Crippen LogP contribution in [0.25, 0.3) is 22.3 Å². The van der Waals surface area contributed by atoms with Crippen molar-refractivity contribution in [3.63, 3.8) is 0 Å². The van der Waals surface area contributed by atoms with Gasteiger partial charge >= 0.3 is 31.8 Å². The minimum atomic E-state index is -4.69. The first-order valence-electron chi connectivity index (χ1n) is 27.7. The van der Waals surface area contributed by atoms with Crippen molar-refractivity contribution >= 4 is 94.4 Å². The van der Waals surface area contributed by atoms with E-state index in [1.54, 1.807) is 4.57 Å². The zero-order valence-electron chi connectivity index (χ0n) is 47.7. The third kappa shape index (κ3) is 15.8. The molecule has 10 N–H and O–H groups in total. The van der Waals surface area contributed by atoms with Gasteiger partial charge in [-0.25, -0.2) is 43.2 Å². The summed E-state index contributed by atoms with van der Waals surface area (Å²) < 4.78 is 113. The Morgan fingerprint density at radius 2 is 1.13 bits per heavy atom. The summed E-state index contributed by atoms with van der Waals surface area (Å²) in [5, 5.41) is 50.2. The zero-order chi connectivity index (χ0) is 64.8. The number of hydrogen-bond donors (Lipinski definition) is 7. The van der Waals surface area contributed by atoms with Crippen molar-refractivity contribution in [1.29, 1.82) is 15.8 Å². The molecule has 0 aliphatic carbocycles. The molecule has 0 aromatic carbocycles. The van der Waals surface area contributed by atoms with Gasteiger partial charge in [-0.1, -0.05) is 0 Å². The second-order valence-electron chi connectivity index (χ2n) is 20.5. The molecule has 488 valence electrons. The summed E-state index contributed by atoms with van der Waals surface area (Å²) in [5.74, 6) is -0.552. The topological polar surface area (TPSA) is 530 Å². The van der Waals surface area contributed by atoms with Crippen LogP contribution in [-0.4, -0.2) is 161 Å². The number of aromatic nitrogens is 12. The fourth-order valence-corrected chi connectivity index (χ4v) is 20.1. The van der Waals surface area contributed by atoms with Gasteiger partial charge in [0.25, 0.3) is 11.1 Å². The number of nitrogens with zero attached hydrogens (tertiary/aromatic N) is 13. The normalized spacial score (nSPS) is 26.9. The number of nitriles is 3. The van der Waals surface area contributed by atoms with Crippen LogP contribution in [0.2, 0.25) is 0 Å². The average Bonchev–Trinajstić information content (AvgIpc) is 1.66. The average molecular weight is 1380 g/mol. The van der Waals surface area contributed by atoms with E-state index in [1.165, 1.54) is 48.9 Å². The number of aromatic amines is 2. The lowest BCUT2D eigenvalue weighted by Gasteiger charge is -2.28. The van der Waals surface area contributed by atoms with Crippen LogP contribution in [0, 0.1) is 40.9 Å². The molecule has 3 unspecified atom stereocenters. The molecule has 0 amide bonds. The van der Waals surface area contributed by atoms with E-state index in [2.05, 4.69) is 39.9 Å². The van der Waals surface area contributed by atoms with Crippen LogP contribution < -0.4 is 39.7 Å². The van der Waals surface area contributed by atoms with Crippen LogP contribution in [0.5, 0.6) is 0 Å². The molecular formula is C48H59N18O19P3S3. The van der Waals surface area contributed by atoms with E-state index >= 15 is 9.13 Å². The minimum absolute atomic E-state index is 0.0191. The summed E-state index contributed by atoms with van der Waals surface area (Å²) in [6.45, 7) is -14.8. The van der Waals surface area contributed by atoms with Crippen molar-refractivity contribution in [2.24, 2.45) is 0 Å². The fraction of sp³-hybridized carbons (Fsp3) is 0.562. The molecule has 4 fully saturated rings. The highest BCUT2D eigenvalue weighted by Crippen LogP contribution is 2.66. The maximum absolute atomic E-state index is 15.5. The van der Waals surface area contributed by atoms with Crippen LogP contribution >= 0.6 is 54.5 Å². The van der Waals surface area contributed by atoms with E-state index < -0.39 is 143 Å². The maximum atomic E-state index is 15.5. The largest absolute Gasteiger partial charge is 0.394 e. The molecule has 4 aliphatic rings. The third-order valence-electron chi connectivity index (χ3n) is 14.4. The third-order valence-corrected chi connectivity index (χ3v) is 25.7. The molecule has 0 spiro atoms. The second-order valence-corrected chi connectivity index (χ2v) is 32.9. The molecule has 10 rings (SSSR count). The summed E-state index contributed by atoms with van der Waals surface area (Å²) >= 11 is 1.87. The number of fused-ring (bicyclic) bond motifs is 2. The highest BCUT2D eigenvalue weighted by atomic mass is 32.7. The van der Waals surface area contributed by atoms with Crippen LogP contribution in [-0.2, 0) is 59.8 Å². The van der Waals surface area contributed by atoms with E-state index in [-0.39, 0.29) is 96.5 Å². The lowest BCUT2D eigenvalue weighted by Crippen LogP contribution is -2.33. The Balaban J connectivity index is 0.921. The number of aryl methyl sites for hydroxylation is 1. The Kier molecular flexibility index (Phi) is 21.7. The quantitative estimate of drug-likeness (QED) is 0.0262. The number of aliphatic hydroxyl groups is 2. The van der Waals surface area contributed by atoms with Gasteiger partial charge in [0, 0.05) is 80.2 Å². The van der Waals surface area contributed by atoms with Gasteiger partial charge in [0.1, 0.15) is 85.3 Å². The molecule has 4 saturated heterocycles. The van der Waals surface area contributed by atoms with Gasteiger partial charge < -0.3 is 46.4 Å². The predicted octanol–water partition coefficient (Wildman–Crippen LogP) is 2.80. The summed E-state index contributed by atoms with van der Waals surface area (Å²) in [6, 6.07) is 7.25. The van der Waals surface area contributed by atoms with Gasteiger partial charge in [-0.05, 0) is 47.1 Å². The molecule has 37 nitrogen and oxygen atoms in total. The smallest absolute Gasteiger partial charge is 0.389 e. The van der Waals surface area contributed by atoms with Crippen LogP contribution in [0.15, 0.2) is 56.6 Å². The Hall–Kier alpha value is -6.41. The van der Waals surface area contributed by atoms with E-state index in [4.69, 9.17) is 63.3 Å². The second kappa shape index (κ2) is 29.3. The Labute approximate surface area is 525 Å². The summed E-state index contributed by atoms with van der Waals surface area (Å²) in [4.78, 5) is 80.8. The molecule has 15 atom stereocenters. The van der Waals surface area contributed by atoms with Gasteiger partial charge in [0.15, 0.2) is 22.6 Å². The van der Waals surface area contributed by atoms with E-state index in [0.29, 0.717) is 45.3 Å². The minimum Gasteiger partial charge on any atom is -0.394 e. The monoisotopic (exact) mass is 1380 g/mol. The molecule has 6 aromatic heterocycles. The number of imidazole rings is 2. The van der Waals surface area contributed by atoms with Gasteiger partial charge in [-0.2, -0.15) is 25.8 Å². The van der Waals surface area contributed by atoms with Gasteiger partial charge in [0.05, 0.1) is 63.4 Å². The van der Waals surface area contributed by atoms with Crippen molar-refractivity contribution in [3.05, 3.63) is 84.7 Å². The van der Waals surface area contributed by atoms with Crippen molar-refractivity contribution in [2.75, 3.05) is 60.9 Å². The van der Waals surface area contributed by atoms with Gasteiger partial charge in [-0.15, -0.1) is 0 Å². The van der Waals surface area contributed by atoms with Gasteiger partial charge in [-0.3, -0.25) is 65.0 Å².